The molecule has 1 heterocycles. The minimum absolute atomic E-state index is 0.0850. The van der Waals surface area contributed by atoms with Crippen molar-refractivity contribution in [1.29, 1.82) is 0 Å². The van der Waals surface area contributed by atoms with Gasteiger partial charge in [-0.15, -0.1) is 0 Å². The number of halogens is 1. The zero-order valence-electron chi connectivity index (χ0n) is 7.77. The second-order valence-corrected chi connectivity index (χ2v) is 3.24. The molecule has 0 aliphatic rings. The lowest BCUT2D eigenvalue weighted by Crippen LogP contribution is -2.21. The summed E-state index contributed by atoms with van der Waals surface area (Å²) in [6.07, 6.45) is 1.68. The summed E-state index contributed by atoms with van der Waals surface area (Å²) in [5.74, 6) is -0.822. The van der Waals surface area contributed by atoms with E-state index < -0.39 is 5.97 Å². The number of aliphatic carboxylic acids is 1. The van der Waals surface area contributed by atoms with Gasteiger partial charge < -0.3 is 10.0 Å². The van der Waals surface area contributed by atoms with Gasteiger partial charge in [-0.2, -0.15) is 0 Å². The van der Waals surface area contributed by atoms with E-state index in [1.807, 2.05) is 0 Å². The Hall–Kier alpha value is -1.29. The van der Waals surface area contributed by atoms with Gasteiger partial charge in [-0.05, 0) is 12.1 Å². The van der Waals surface area contributed by atoms with E-state index in [-0.39, 0.29) is 6.42 Å². The first-order chi connectivity index (χ1) is 6.61. The molecule has 4 nitrogen and oxygen atoms in total. The molecule has 0 bridgehead atoms. The first-order valence-corrected chi connectivity index (χ1v) is 4.52. The molecule has 0 saturated carbocycles. The van der Waals surface area contributed by atoms with Crippen molar-refractivity contribution in [3.8, 4) is 0 Å². The van der Waals surface area contributed by atoms with Gasteiger partial charge in [0.05, 0.1) is 12.1 Å². The van der Waals surface area contributed by atoms with Crippen molar-refractivity contribution in [2.24, 2.45) is 0 Å². The fourth-order valence-electron chi connectivity index (χ4n) is 1.05. The Balaban J connectivity index is 2.65. The average Bonchev–Trinajstić information content (AvgIpc) is 2.15. The van der Waals surface area contributed by atoms with E-state index in [1.165, 1.54) is 0 Å². The molecule has 0 radical (unpaired) electrons. The lowest BCUT2D eigenvalue weighted by atomic mass is 10.3. The summed E-state index contributed by atoms with van der Waals surface area (Å²) < 4.78 is 0. The summed E-state index contributed by atoms with van der Waals surface area (Å²) in [7, 11) is 1.78. The van der Waals surface area contributed by atoms with Crippen molar-refractivity contribution in [2.75, 3.05) is 18.5 Å². The molecule has 5 heteroatoms. The molecule has 0 unspecified atom stereocenters. The van der Waals surface area contributed by atoms with Crippen LogP contribution in [0, 0.1) is 0 Å². The third-order valence-corrected chi connectivity index (χ3v) is 2.10. The van der Waals surface area contributed by atoms with Crippen LogP contribution in [0.5, 0.6) is 0 Å². The van der Waals surface area contributed by atoms with Gasteiger partial charge in [0.2, 0.25) is 0 Å². The third-order valence-electron chi connectivity index (χ3n) is 1.81. The molecule has 14 heavy (non-hydrogen) atoms. The second-order valence-electron chi connectivity index (χ2n) is 2.88. The van der Waals surface area contributed by atoms with Crippen molar-refractivity contribution in [3.05, 3.63) is 23.5 Å². The number of carbonyl (C=O) groups is 1. The highest BCUT2D eigenvalue weighted by atomic mass is 35.5. The molecule has 1 N–H and O–H groups in total. The Morgan fingerprint density at radius 3 is 3.00 bits per heavy atom. The van der Waals surface area contributed by atoms with Crippen molar-refractivity contribution in [2.45, 2.75) is 6.42 Å². The maximum absolute atomic E-state index is 10.3. The third kappa shape index (κ3) is 2.88. The quantitative estimate of drug-likeness (QED) is 0.775. The molecule has 1 rings (SSSR count). The van der Waals surface area contributed by atoms with Crippen LogP contribution in [-0.2, 0) is 4.79 Å². The van der Waals surface area contributed by atoms with Crippen LogP contribution in [0.15, 0.2) is 18.3 Å². The lowest BCUT2D eigenvalue weighted by molar-refractivity contribution is -0.136. The second kappa shape index (κ2) is 4.81. The van der Waals surface area contributed by atoms with Crippen LogP contribution in [0.3, 0.4) is 0 Å². The Bertz CT molecular complexity index is 330. The summed E-state index contributed by atoms with van der Waals surface area (Å²) in [6, 6.07) is 3.57. The van der Waals surface area contributed by atoms with E-state index in [0.717, 1.165) is 5.69 Å². The predicted octanol–water partition coefficient (Wildman–Crippen LogP) is 1.65. The van der Waals surface area contributed by atoms with Gasteiger partial charge in [0, 0.05) is 19.8 Å². The summed E-state index contributed by atoms with van der Waals surface area (Å²) in [5.41, 5.74) is 0.746. The maximum Gasteiger partial charge on any atom is 0.305 e. The monoisotopic (exact) mass is 214 g/mol. The highest BCUT2D eigenvalue weighted by molar-refractivity contribution is 6.32. The zero-order valence-corrected chi connectivity index (χ0v) is 8.53. The van der Waals surface area contributed by atoms with Crippen LogP contribution >= 0.6 is 11.6 Å². The van der Waals surface area contributed by atoms with E-state index in [0.29, 0.717) is 11.7 Å². The van der Waals surface area contributed by atoms with Crippen LogP contribution < -0.4 is 4.90 Å². The van der Waals surface area contributed by atoms with Crippen LogP contribution in [0.2, 0.25) is 5.15 Å². The molecule has 0 spiro atoms. The molecule has 0 fully saturated rings. The minimum Gasteiger partial charge on any atom is -0.481 e. The van der Waals surface area contributed by atoms with E-state index in [1.54, 1.807) is 30.3 Å². The molecule has 0 aliphatic carbocycles. The van der Waals surface area contributed by atoms with Crippen LogP contribution in [-0.4, -0.2) is 29.7 Å². The molecular weight excluding hydrogens is 204 g/mol. The molecule has 1 aromatic rings. The van der Waals surface area contributed by atoms with Crippen LogP contribution in [0.25, 0.3) is 0 Å². The largest absolute Gasteiger partial charge is 0.481 e. The Kier molecular flexibility index (Phi) is 3.71. The van der Waals surface area contributed by atoms with Gasteiger partial charge in [-0.1, -0.05) is 11.6 Å². The van der Waals surface area contributed by atoms with Gasteiger partial charge >= 0.3 is 5.97 Å². The van der Waals surface area contributed by atoms with E-state index in [4.69, 9.17) is 16.7 Å². The first-order valence-electron chi connectivity index (χ1n) is 4.14. The molecule has 0 aliphatic heterocycles. The topological polar surface area (TPSA) is 53.4 Å². The van der Waals surface area contributed by atoms with Crippen molar-refractivity contribution >= 4 is 23.3 Å². The Labute approximate surface area is 87.1 Å². The lowest BCUT2D eigenvalue weighted by Gasteiger charge is -2.18. The van der Waals surface area contributed by atoms with Gasteiger partial charge in [-0.3, -0.25) is 4.79 Å². The molecule has 76 valence electrons. The number of pyridine rings is 1. The molecule has 0 amide bonds. The van der Waals surface area contributed by atoms with Gasteiger partial charge in [0.25, 0.3) is 0 Å². The summed E-state index contributed by atoms with van der Waals surface area (Å²) in [4.78, 5) is 16.0. The van der Waals surface area contributed by atoms with E-state index in [2.05, 4.69) is 4.98 Å². The minimum atomic E-state index is -0.822. The normalized spacial score (nSPS) is 9.86. The summed E-state index contributed by atoms with van der Waals surface area (Å²) in [5, 5.41) is 8.89. The summed E-state index contributed by atoms with van der Waals surface area (Å²) >= 11 is 5.83. The predicted molar refractivity (Wildman–Crippen MR) is 54.8 cm³/mol. The van der Waals surface area contributed by atoms with E-state index in [9.17, 15) is 4.79 Å². The number of rotatable bonds is 4. The smallest absolute Gasteiger partial charge is 0.305 e. The van der Waals surface area contributed by atoms with Crippen molar-refractivity contribution < 1.29 is 9.90 Å². The molecule has 0 saturated heterocycles. The maximum atomic E-state index is 10.3. The van der Waals surface area contributed by atoms with Crippen molar-refractivity contribution in [1.82, 2.24) is 4.98 Å². The number of anilines is 1. The molecule has 0 aromatic carbocycles. The molecule has 1 aromatic heterocycles. The highest BCUT2D eigenvalue weighted by Gasteiger charge is 2.07. The van der Waals surface area contributed by atoms with Crippen molar-refractivity contribution in [3.63, 3.8) is 0 Å². The number of carboxylic acid groups (broad SMARTS) is 1. The SMILES string of the molecule is CN(CCC(=O)O)c1cccnc1Cl. The fourth-order valence-corrected chi connectivity index (χ4v) is 1.31. The molecular formula is C9H11ClN2O2. The average molecular weight is 215 g/mol. The van der Waals surface area contributed by atoms with Gasteiger partial charge in [0.1, 0.15) is 0 Å². The fraction of sp³-hybridized carbons (Fsp3) is 0.333. The number of hydrogen-bond donors (Lipinski definition) is 1. The van der Waals surface area contributed by atoms with Gasteiger partial charge in [-0.25, -0.2) is 4.98 Å². The number of hydrogen-bond acceptors (Lipinski definition) is 3. The van der Waals surface area contributed by atoms with Crippen LogP contribution in [0.4, 0.5) is 5.69 Å². The van der Waals surface area contributed by atoms with Gasteiger partial charge in [0.15, 0.2) is 5.15 Å². The highest BCUT2D eigenvalue weighted by Crippen LogP contribution is 2.21. The Morgan fingerprint density at radius 2 is 2.43 bits per heavy atom. The number of nitrogens with zero attached hydrogens (tertiary/aromatic N) is 2. The van der Waals surface area contributed by atoms with E-state index >= 15 is 0 Å². The first kappa shape index (κ1) is 10.8. The summed E-state index contributed by atoms with van der Waals surface area (Å²) in [6.45, 7) is 0.417. The Morgan fingerprint density at radius 1 is 1.71 bits per heavy atom. The number of aromatic nitrogens is 1. The molecule has 0 atom stereocenters. The number of carboxylic acids is 1. The zero-order chi connectivity index (χ0) is 10.6. The standard InChI is InChI=1S/C9H11ClN2O2/c1-12(6-4-8(13)14)7-3-2-5-11-9(7)10/h2-3,5H,4,6H2,1H3,(H,13,14). The van der Waals surface area contributed by atoms with Crippen LogP contribution in [0.1, 0.15) is 6.42 Å².